The summed E-state index contributed by atoms with van der Waals surface area (Å²) in [5.74, 6) is -1.27. The van der Waals surface area contributed by atoms with Crippen LogP contribution in [0.1, 0.15) is 17.5 Å². The molecule has 2 rings (SSSR count). The molecule has 0 atom stereocenters. The summed E-state index contributed by atoms with van der Waals surface area (Å²) in [5, 5.41) is 3.48. The van der Waals surface area contributed by atoms with Crippen LogP contribution >= 0.6 is 15.9 Å². The monoisotopic (exact) mass is 314 g/mol. The molecule has 1 aromatic carbocycles. The van der Waals surface area contributed by atoms with Gasteiger partial charge >= 0.3 is 5.97 Å². The molecule has 0 aliphatic heterocycles. The van der Waals surface area contributed by atoms with Gasteiger partial charge in [-0.25, -0.2) is 9.18 Å². The predicted molar refractivity (Wildman–Crippen MR) is 63.3 cm³/mol. The van der Waals surface area contributed by atoms with Gasteiger partial charge < -0.3 is 9.26 Å². The SMILES string of the molecule is CCOC(=O)c1noc(-c2cc(F)ccc2Br)n1. The molecular formula is C11H8BrFN2O3. The molecule has 18 heavy (non-hydrogen) atoms. The first-order valence-electron chi connectivity index (χ1n) is 5.08. The first-order chi connectivity index (χ1) is 8.61. The van der Waals surface area contributed by atoms with Gasteiger partial charge in [-0.15, -0.1) is 0 Å². The minimum Gasteiger partial charge on any atom is -0.460 e. The Kier molecular flexibility index (Phi) is 3.71. The fourth-order valence-corrected chi connectivity index (χ4v) is 1.69. The molecule has 0 radical (unpaired) electrons. The fourth-order valence-electron chi connectivity index (χ4n) is 1.27. The highest BCUT2D eigenvalue weighted by molar-refractivity contribution is 9.10. The Morgan fingerprint density at radius 1 is 1.56 bits per heavy atom. The van der Waals surface area contributed by atoms with E-state index in [2.05, 4.69) is 26.1 Å². The van der Waals surface area contributed by atoms with Crippen LogP contribution in [0.4, 0.5) is 4.39 Å². The fraction of sp³-hybridized carbons (Fsp3) is 0.182. The Morgan fingerprint density at radius 3 is 3.06 bits per heavy atom. The van der Waals surface area contributed by atoms with Crippen LogP contribution in [0.5, 0.6) is 0 Å². The lowest BCUT2D eigenvalue weighted by Gasteiger charge is -1.98. The summed E-state index contributed by atoms with van der Waals surface area (Å²) in [7, 11) is 0. The highest BCUT2D eigenvalue weighted by Crippen LogP contribution is 2.27. The summed E-state index contributed by atoms with van der Waals surface area (Å²) in [4.78, 5) is 15.2. The maximum Gasteiger partial charge on any atom is 0.379 e. The van der Waals surface area contributed by atoms with Crippen molar-refractivity contribution in [1.82, 2.24) is 10.1 Å². The van der Waals surface area contributed by atoms with Crippen molar-refractivity contribution in [3.05, 3.63) is 34.3 Å². The van der Waals surface area contributed by atoms with Crippen LogP contribution in [0.25, 0.3) is 11.5 Å². The summed E-state index contributed by atoms with van der Waals surface area (Å²) >= 11 is 3.23. The maximum absolute atomic E-state index is 13.1. The number of halogens is 2. The molecular weight excluding hydrogens is 307 g/mol. The van der Waals surface area contributed by atoms with Gasteiger partial charge in [-0.3, -0.25) is 0 Å². The molecule has 0 saturated heterocycles. The Bertz CT molecular complexity index is 585. The zero-order valence-electron chi connectivity index (χ0n) is 9.31. The van der Waals surface area contributed by atoms with Crippen molar-refractivity contribution in [3.8, 4) is 11.5 Å². The molecule has 5 nitrogen and oxygen atoms in total. The van der Waals surface area contributed by atoms with Gasteiger partial charge in [-0.2, -0.15) is 4.98 Å². The van der Waals surface area contributed by atoms with Crippen molar-refractivity contribution < 1.29 is 18.4 Å². The number of carbonyl (C=O) groups excluding carboxylic acids is 1. The van der Waals surface area contributed by atoms with Crippen LogP contribution in [0.3, 0.4) is 0 Å². The van der Waals surface area contributed by atoms with Gasteiger partial charge in [0.05, 0.1) is 12.2 Å². The largest absolute Gasteiger partial charge is 0.460 e. The molecule has 0 fully saturated rings. The van der Waals surface area contributed by atoms with E-state index in [-0.39, 0.29) is 18.3 Å². The van der Waals surface area contributed by atoms with E-state index in [0.717, 1.165) is 0 Å². The van der Waals surface area contributed by atoms with Crippen molar-refractivity contribution >= 4 is 21.9 Å². The molecule has 1 aromatic heterocycles. The highest BCUT2D eigenvalue weighted by atomic mass is 79.9. The third-order valence-electron chi connectivity index (χ3n) is 2.04. The molecule has 0 unspecified atom stereocenters. The number of carbonyl (C=O) groups is 1. The van der Waals surface area contributed by atoms with Gasteiger partial charge in [0.25, 0.3) is 11.7 Å². The van der Waals surface area contributed by atoms with Crippen LogP contribution < -0.4 is 0 Å². The van der Waals surface area contributed by atoms with E-state index in [4.69, 9.17) is 9.26 Å². The van der Waals surface area contributed by atoms with E-state index >= 15 is 0 Å². The molecule has 7 heteroatoms. The van der Waals surface area contributed by atoms with Gasteiger partial charge in [-0.1, -0.05) is 0 Å². The Labute approximate surface area is 110 Å². The molecule has 0 spiro atoms. The summed E-state index contributed by atoms with van der Waals surface area (Å²) in [6.07, 6.45) is 0. The number of hydrogen-bond acceptors (Lipinski definition) is 5. The lowest BCUT2D eigenvalue weighted by Crippen LogP contribution is -2.06. The number of benzene rings is 1. The van der Waals surface area contributed by atoms with Crippen LogP contribution in [0.15, 0.2) is 27.2 Å². The quantitative estimate of drug-likeness (QED) is 0.815. The van der Waals surface area contributed by atoms with Gasteiger partial charge in [0.2, 0.25) is 0 Å². The van der Waals surface area contributed by atoms with E-state index < -0.39 is 11.8 Å². The third-order valence-corrected chi connectivity index (χ3v) is 2.73. The molecule has 1 heterocycles. The minimum atomic E-state index is -0.681. The molecule has 0 aliphatic carbocycles. The number of nitrogens with zero attached hydrogens (tertiary/aromatic N) is 2. The lowest BCUT2D eigenvalue weighted by molar-refractivity contribution is 0.0508. The van der Waals surface area contributed by atoms with Crippen molar-refractivity contribution in [2.24, 2.45) is 0 Å². The Morgan fingerprint density at radius 2 is 2.33 bits per heavy atom. The zero-order chi connectivity index (χ0) is 13.1. The second-order valence-corrected chi connectivity index (χ2v) is 4.12. The molecule has 0 bridgehead atoms. The maximum atomic E-state index is 13.1. The lowest BCUT2D eigenvalue weighted by atomic mass is 10.2. The predicted octanol–water partition coefficient (Wildman–Crippen LogP) is 2.81. The molecule has 0 saturated carbocycles. The normalized spacial score (nSPS) is 10.4. The molecule has 0 amide bonds. The second kappa shape index (κ2) is 5.26. The Hall–Kier alpha value is -1.76. The summed E-state index contributed by atoms with van der Waals surface area (Å²) in [5.41, 5.74) is 0.373. The van der Waals surface area contributed by atoms with Crippen molar-refractivity contribution in [2.45, 2.75) is 6.92 Å². The minimum absolute atomic E-state index is 0.0458. The third kappa shape index (κ3) is 2.56. The van der Waals surface area contributed by atoms with Gasteiger partial charge in [0.15, 0.2) is 0 Å². The van der Waals surface area contributed by atoms with E-state index in [9.17, 15) is 9.18 Å². The van der Waals surface area contributed by atoms with E-state index in [1.165, 1.54) is 18.2 Å². The topological polar surface area (TPSA) is 65.2 Å². The number of aromatic nitrogens is 2. The van der Waals surface area contributed by atoms with Crippen molar-refractivity contribution in [2.75, 3.05) is 6.61 Å². The average molecular weight is 315 g/mol. The Balaban J connectivity index is 2.35. The zero-order valence-corrected chi connectivity index (χ0v) is 10.9. The first kappa shape index (κ1) is 12.7. The molecule has 0 N–H and O–H groups in total. The van der Waals surface area contributed by atoms with Gasteiger partial charge in [0, 0.05) is 4.47 Å². The van der Waals surface area contributed by atoms with Crippen LogP contribution in [-0.4, -0.2) is 22.7 Å². The summed E-state index contributed by atoms with van der Waals surface area (Å²) < 4.78 is 23.3. The first-order valence-corrected chi connectivity index (χ1v) is 5.87. The number of hydrogen-bond donors (Lipinski definition) is 0. The van der Waals surface area contributed by atoms with E-state index in [0.29, 0.717) is 10.0 Å². The van der Waals surface area contributed by atoms with E-state index in [1.807, 2.05) is 0 Å². The van der Waals surface area contributed by atoms with Gasteiger partial charge in [-0.05, 0) is 46.2 Å². The standard InChI is InChI=1S/C11H8BrFN2O3/c1-2-17-11(16)9-14-10(18-15-9)7-5-6(13)3-4-8(7)12/h3-5H,2H2,1H3. The second-order valence-electron chi connectivity index (χ2n) is 3.27. The van der Waals surface area contributed by atoms with Crippen LogP contribution in [0, 0.1) is 5.82 Å². The van der Waals surface area contributed by atoms with Gasteiger partial charge in [0.1, 0.15) is 5.82 Å². The molecule has 2 aromatic rings. The summed E-state index contributed by atoms with van der Waals surface area (Å²) in [6.45, 7) is 1.88. The van der Waals surface area contributed by atoms with Crippen molar-refractivity contribution in [1.29, 1.82) is 0 Å². The number of ether oxygens (including phenoxy) is 1. The highest BCUT2D eigenvalue weighted by Gasteiger charge is 2.18. The van der Waals surface area contributed by atoms with Crippen LogP contribution in [0.2, 0.25) is 0 Å². The van der Waals surface area contributed by atoms with E-state index in [1.54, 1.807) is 6.92 Å². The number of rotatable bonds is 3. The molecule has 0 aliphatic rings. The molecule has 94 valence electrons. The average Bonchev–Trinajstić information content (AvgIpc) is 2.82. The van der Waals surface area contributed by atoms with Crippen molar-refractivity contribution in [3.63, 3.8) is 0 Å². The van der Waals surface area contributed by atoms with Crippen LogP contribution in [-0.2, 0) is 4.74 Å². The summed E-state index contributed by atoms with van der Waals surface area (Å²) in [6, 6.07) is 4.03. The number of esters is 1. The smallest absolute Gasteiger partial charge is 0.379 e.